The lowest BCUT2D eigenvalue weighted by atomic mass is 9.86. The number of anilines is 1. The van der Waals surface area contributed by atoms with Crippen LogP contribution in [0.5, 0.6) is 0 Å². The summed E-state index contributed by atoms with van der Waals surface area (Å²) in [6.45, 7) is 17.3. The summed E-state index contributed by atoms with van der Waals surface area (Å²) >= 11 is 0. The lowest BCUT2D eigenvalue weighted by molar-refractivity contribution is 0.411. The van der Waals surface area contributed by atoms with E-state index < -0.39 is 0 Å². The molecule has 0 saturated heterocycles. The summed E-state index contributed by atoms with van der Waals surface area (Å²) in [6.07, 6.45) is 5.54. The number of nitrogens with one attached hydrogen (secondary N) is 2. The third kappa shape index (κ3) is 7.26. The first kappa shape index (κ1) is 23.5. The first-order chi connectivity index (χ1) is 13.0. The normalized spacial score (nSPS) is 10.9. The highest BCUT2D eigenvalue weighted by Gasteiger charge is 2.19. The highest BCUT2D eigenvalue weighted by atomic mass is 15.2. The number of benzene rings is 1. The van der Waals surface area contributed by atoms with Crippen LogP contribution in [-0.2, 0) is 6.42 Å². The molecule has 0 radical (unpaired) electrons. The molecule has 0 atom stereocenters. The SMILES string of the molecule is CC(C)C.Cc1cc(CC(C)(C)C)cc(C)c1N(C=N)C(=N)c1cccnc1. The second kappa shape index (κ2) is 10.2. The molecule has 4 heteroatoms. The van der Waals surface area contributed by atoms with Crippen molar-refractivity contribution in [1.82, 2.24) is 4.98 Å². The van der Waals surface area contributed by atoms with Crippen LogP contribution in [0, 0.1) is 36.0 Å². The minimum Gasteiger partial charge on any atom is -0.291 e. The van der Waals surface area contributed by atoms with E-state index in [0.717, 1.165) is 29.2 Å². The van der Waals surface area contributed by atoms with E-state index in [-0.39, 0.29) is 11.3 Å². The third-order valence-corrected chi connectivity index (χ3v) is 3.83. The molecule has 1 aromatic heterocycles. The van der Waals surface area contributed by atoms with Gasteiger partial charge in [-0.05, 0) is 60.4 Å². The number of amidine groups is 1. The van der Waals surface area contributed by atoms with Crippen molar-refractivity contribution in [2.24, 2.45) is 11.3 Å². The predicted octanol–water partition coefficient (Wildman–Crippen LogP) is 6.39. The van der Waals surface area contributed by atoms with Gasteiger partial charge < -0.3 is 0 Å². The fourth-order valence-electron chi connectivity index (χ4n) is 3.02. The van der Waals surface area contributed by atoms with E-state index in [4.69, 9.17) is 10.8 Å². The summed E-state index contributed by atoms with van der Waals surface area (Å²) in [7, 11) is 0. The van der Waals surface area contributed by atoms with Crippen LogP contribution in [0.2, 0.25) is 0 Å². The smallest absolute Gasteiger partial charge is 0.139 e. The number of aryl methyl sites for hydroxylation is 2. The molecule has 152 valence electrons. The fourth-order valence-corrected chi connectivity index (χ4v) is 3.02. The van der Waals surface area contributed by atoms with Gasteiger partial charge in [-0.25, -0.2) is 0 Å². The number of hydrogen-bond acceptors (Lipinski definition) is 3. The van der Waals surface area contributed by atoms with Crippen molar-refractivity contribution in [1.29, 1.82) is 10.8 Å². The minimum atomic E-state index is 0.226. The Balaban J connectivity index is 0.000000892. The summed E-state index contributed by atoms with van der Waals surface area (Å²) in [6, 6.07) is 7.98. The molecule has 2 N–H and O–H groups in total. The van der Waals surface area contributed by atoms with Crippen LogP contribution >= 0.6 is 0 Å². The summed E-state index contributed by atoms with van der Waals surface area (Å²) < 4.78 is 0. The van der Waals surface area contributed by atoms with Crippen LogP contribution in [0.15, 0.2) is 36.7 Å². The number of rotatable bonds is 4. The molecule has 1 heterocycles. The van der Waals surface area contributed by atoms with Crippen LogP contribution in [0.4, 0.5) is 5.69 Å². The molecule has 0 fully saturated rings. The molecular formula is C24H36N4. The van der Waals surface area contributed by atoms with Gasteiger partial charge in [-0.2, -0.15) is 0 Å². The first-order valence-corrected chi connectivity index (χ1v) is 9.85. The maximum atomic E-state index is 8.45. The lowest BCUT2D eigenvalue weighted by Crippen LogP contribution is -2.30. The van der Waals surface area contributed by atoms with Gasteiger partial charge in [0.1, 0.15) is 5.84 Å². The summed E-state index contributed by atoms with van der Waals surface area (Å²) in [5, 5.41) is 16.3. The van der Waals surface area contributed by atoms with Crippen LogP contribution in [0.3, 0.4) is 0 Å². The van der Waals surface area contributed by atoms with Gasteiger partial charge in [0.05, 0.1) is 12.0 Å². The summed E-state index contributed by atoms with van der Waals surface area (Å²) in [4.78, 5) is 5.69. The highest BCUT2D eigenvalue weighted by Crippen LogP contribution is 2.30. The van der Waals surface area contributed by atoms with E-state index in [0.29, 0.717) is 5.56 Å². The average Bonchev–Trinajstić information content (AvgIpc) is 2.56. The van der Waals surface area contributed by atoms with Gasteiger partial charge in [0.15, 0.2) is 0 Å². The van der Waals surface area contributed by atoms with Crippen molar-refractivity contribution < 1.29 is 0 Å². The quantitative estimate of drug-likeness (QED) is 0.477. The second-order valence-electron chi connectivity index (χ2n) is 9.14. The van der Waals surface area contributed by atoms with E-state index in [1.165, 1.54) is 11.9 Å². The molecule has 0 aliphatic carbocycles. The molecular weight excluding hydrogens is 344 g/mol. The number of pyridine rings is 1. The molecule has 0 saturated carbocycles. The molecule has 28 heavy (non-hydrogen) atoms. The molecule has 0 aliphatic heterocycles. The van der Waals surface area contributed by atoms with E-state index >= 15 is 0 Å². The van der Waals surface area contributed by atoms with Gasteiger partial charge in [-0.1, -0.05) is 53.7 Å². The van der Waals surface area contributed by atoms with Crippen LogP contribution in [-0.4, -0.2) is 17.2 Å². The summed E-state index contributed by atoms with van der Waals surface area (Å²) in [5.41, 5.74) is 5.26. The standard InChI is InChI=1S/C20H26N4.C4H10/c1-14-9-16(11-20(3,4)5)10-15(2)18(14)24(13-21)19(22)17-7-6-8-23-12-17;1-4(2)3/h6-10,12-13,21-22H,11H2,1-5H3;4H,1-3H3. The zero-order valence-electron chi connectivity index (χ0n) is 18.7. The maximum absolute atomic E-state index is 8.45. The van der Waals surface area contributed by atoms with Crippen LogP contribution in [0.25, 0.3) is 0 Å². The summed E-state index contributed by atoms with van der Waals surface area (Å²) in [5.74, 6) is 1.09. The molecule has 2 rings (SSSR count). The van der Waals surface area contributed by atoms with Gasteiger partial charge in [0.2, 0.25) is 0 Å². The van der Waals surface area contributed by atoms with Crippen molar-refractivity contribution in [3.8, 4) is 0 Å². The third-order valence-electron chi connectivity index (χ3n) is 3.83. The van der Waals surface area contributed by atoms with Crippen LogP contribution in [0.1, 0.15) is 63.8 Å². The van der Waals surface area contributed by atoms with Gasteiger partial charge in [0, 0.05) is 18.0 Å². The maximum Gasteiger partial charge on any atom is 0.139 e. The Morgan fingerprint density at radius 2 is 1.68 bits per heavy atom. The first-order valence-electron chi connectivity index (χ1n) is 9.85. The zero-order valence-corrected chi connectivity index (χ0v) is 18.7. The van der Waals surface area contributed by atoms with Crippen molar-refractivity contribution >= 4 is 17.9 Å². The van der Waals surface area contributed by atoms with E-state index in [2.05, 4.69) is 58.7 Å². The number of hydrogen-bond donors (Lipinski definition) is 2. The number of aromatic nitrogens is 1. The van der Waals surface area contributed by atoms with Crippen molar-refractivity contribution in [2.45, 2.75) is 61.8 Å². The molecule has 0 bridgehead atoms. The van der Waals surface area contributed by atoms with E-state index in [1.54, 1.807) is 23.4 Å². The van der Waals surface area contributed by atoms with Crippen molar-refractivity contribution in [3.05, 3.63) is 58.9 Å². The zero-order chi connectivity index (χ0) is 21.5. The fraction of sp³-hybridized carbons (Fsp3) is 0.458. The van der Waals surface area contributed by atoms with Gasteiger partial charge in [0.25, 0.3) is 0 Å². The van der Waals surface area contributed by atoms with Gasteiger partial charge in [-0.15, -0.1) is 0 Å². The molecule has 0 spiro atoms. The predicted molar refractivity (Wildman–Crippen MR) is 122 cm³/mol. The van der Waals surface area contributed by atoms with Gasteiger partial charge in [-0.3, -0.25) is 20.7 Å². The van der Waals surface area contributed by atoms with Crippen LogP contribution < -0.4 is 4.90 Å². The topological polar surface area (TPSA) is 63.8 Å². The molecule has 2 aromatic rings. The van der Waals surface area contributed by atoms with E-state index in [9.17, 15) is 0 Å². The molecule has 0 unspecified atom stereocenters. The molecule has 4 nitrogen and oxygen atoms in total. The second-order valence-corrected chi connectivity index (χ2v) is 9.14. The monoisotopic (exact) mass is 380 g/mol. The Kier molecular flexibility index (Phi) is 8.55. The molecule has 1 aromatic carbocycles. The van der Waals surface area contributed by atoms with E-state index in [1.807, 2.05) is 19.9 Å². The largest absolute Gasteiger partial charge is 0.291 e. The Hall–Kier alpha value is -2.49. The Morgan fingerprint density at radius 1 is 1.14 bits per heavy atom. The molecule has 0 amide bonds. The van der Waals surface area contributed by atoms with Gasteiger partial charge >= 0.3 is 0 Å². The number of nitrogens with zero attached hydrogens (tertiary/aromatic N) is 2. The Bertz CT molecular complexity index is 760. The van der Waals surface area contributed by atoms with Crippen molar-refractivity contribution in [2.75, 3.05) is 4.90 Å². The Morgan fingerprint density at radius 3 is 2.07 bits per heavy atom. The molecule has 0 aliphatic rings. The van der Waals surface area contributed by atoms with Crippen molar-refractivity contribution in [3.63, 3.8) is 0 Å². The highest BCUT2D eigenvalue weighted by molar-refractivity contribution is 6.17. The lowest BCUT2D eigenvalue weighted by Gasteiger charge is -2.26. The Labute approximate surface area is 171 Å². The minimum absolute atomic E-state index is 0.226. The average molecular weight is 381 g/mol.